The lowest BCUT2D eigenvalue weighted by Crippen LogP contribution is -1.99. The summed E-state index contributed by atoms with van der Waals surface area (Å²) in [6.45, 7) is 0.817. The molecule has 1 fully saturated rings. The van der Waals surface area contributed by atoms with Crippen molar-refractivity contribution in [3.8, 4) is 5.75 Å². The SMILES string of the molecule is O=C(I)c1ccc(OCC2CC2)cc1. The van der Waals surface area contributed by atoms with Gasteiger partial charge in [0.2, 0.25) is 3.79 Å². The minimum absolute atomic E-state index is 0.0661. The third-order valence-electron chi connectivity index (χ3n) is 2.26. The summed E-state index contributed by atoms with van der Waals surface area (Å²) in [5.41, 5.74) is 0.726. The van der Waals surface area contributed by atoms with Gasteiger partial charge in [0.15, 0.2) is 0 Å². The Bertz CT molecular complexity index is 328. The van der Waals surface area contributed by atoms with Gasteiger partial charge >= 0.3 is 0 Å². The van der Waals surface area contributed by atoms with E-state index in [-0.39, 0.29) is 3.79 Å². The van der Waals surface area contributed by atoms with Crippen molar-refractivity contribution in [1.82, 2.24) is 0 Å². The molecule has 0 aliphatic heterocycles. The molecule has 0 spiro atoms. The summed E-state index contributed by atoms with van der Waals surface area (Å²) in [6.07, 6.45) is 2.59. The van der Waals surface area contributed by atoms with Gasteiger partial charge in [0.1, 0.15) is 5.75 Å². The van der Waals surface area contributed by atoms with Crippen LogP contribution in [0.4, 0.5) is 0 Å². The van der Waals surface area contributed by atoms with E-state index in [1.54, 1.807) is 34.7 Å². The van der Waals surface area contributed by atoms with Crippen LogP contribution in [0.25, 0.3) is 0 Å². The number of hydrogen-bond donors (Lipinski definition) is 0. The van der Waals surface area contributed by atoms with E-state index in [2.05, 4.69) is 0 Å². The van der Waals surface area contributed by atoms with Crippen LogP contribution in [0, 0.1) is 5.92 Å². The lowest BCUT2D eigenvalue weighted by atomic mass is 10.2. The van der Waals surface area contributed by atoms with Gasteiger partial charge in [-0.3, -0.25) is 4.79 Å². The van der Waals surface area contributed by atoms with Crippen molar-refractivity contribution < 1.29 is 9.53 Å². The maximum Gasteiger partial charge on any atom is 0.222 e. The third kappa shape index (κ3) is 2.70. The van der Waals surface area contributed by atoms with Crippen LogP contribution in [-0.2, 0) is 0 Å². The van der Waals surface area contributed by atoms with Crippen LogP contribution >= 0.6 is 22.6 Å². The number of ether oxygens (including phenoxy) is 1. The molecule has 74 valence electrons. The van der Waals surface area contributed by atoms with Gasteiger partial charge in [-0.05, 0) is 43.0 Å². The lowest BCUT2D eigenvalue weighted by molar-refractivity contribution is 0.110. The second kappa shape index (κ2) is 4.29. The fraction of sp³-hybridized carbons (Fsp3) is 0.364. The van der Waals surface area contributed by atoms with Crippen LogP contribution in [0.2, 0.25) is 0 Å². The molecule has 0 unspecified atom stereocenters. The maximum absolute atomic E-state index is 11.0. The van der Waals surface area contributed by atoms with Crippen LogP contribution in [0.15, 0.2) is 24.3 Å². The summed E-state index contributed by atoms with van der Waals surface area (Å²) in [4.78, 5) is 11.0. The van der Waals surface area contributed by atoms with Crippen LogP contribution < -0.4 is 4.74 Å². The lowest BCUT2D eigenvalue weighted by Gasteiger charge is -2.04. The maximum atomic E-state index is 11.0. The summed E-state index contributed by atoms with van der Waals surface area (Å²) in [6, 6.07) is 7.32. The van der Waals surface area contributed by atoms with Gasteiger partial charge < -0.3 is 4.74 Å². The molecule has 1 saturated carbocycles. The van der Waals surface area contributed by atoms with Crippen molar-refractivity contribution in [3.63, 3.8) is 0 Å². The molecule has 0 heterocycles. The molecule has 0 bridgehead atoms. The van der Waals surface area contributed by atoms with Gasteiger partial charge in [0.05, 0.1) is 6.61 Å². The molecule has 1 aliphatic carbocycles. The van der Waals surface area contributed by atoms with E-state index >= 15 is 0 Å². The van der Waals surface area contributed by atoms with Gasteiger partial charge in [-0.2, -0.15) is 0 Å². The normalized spacial score (nSPS) is 15.2. The first-order valence-electron chi connectivity index (χ1n) is 4.68. The molecule has 2 rings (SSSR count). The number of benzene rings is 1. The molecule has 1 aromatic carbocycles. The van der Waals surface area contributed by atoms with E-state index in [1.807, 2.05) is 12.1 Å². The van der Waals surface area contributed by atoms with Crippen molar-refractivity contribution in [2.75, 3.05) is 6.61 Å². The highest BCUT2D eigenvalue weighted by Crippen LogP contribution is 2.29. The molecular formula is C11H11IO2. The molecule has 0 amide bonds. The van der Waals surface area contributed by atoms with E-state index in [0.717, 1.165) is 23.8 Å². The molecule has 2 nitrogen and oxygen atoms in total. The van der Waals surface area contributed by atoms with Gasteiger partial charge in [-0.25, -0.2) is 0 Å². The zero-order valence-corrected chi connectivity index (χ0v) is 9.86. The zero-order chi connectivity index (χ0) is 9.97. The van der Waals surface area contributed by atoms with Crippen LogP contribution in [0.3, 0.4) is 0 Å². The first-order valence-corrected chi connectivity index (χ1v) is 5.76. The number of rotatable bonds is 4. The topological polar surface area (TPSA) is 26.3 Å². The minimum Gasteiger partial charge on any atom is -0.493 e. The summed E-state index contributed by atoms with van der Waals surface area (Å²) < 4.78 is 5.62. The molecule has 0 aromatic heterocycles. The molecule has 1 aromatic rings. The standard InChI is InChI=1S/C11H11IO2/c12-11(13)9-3-5-10(6-4-9)14-7-8-1-2-8/h3-6,8H,1-2,7H2. The van der Waals surface area contributed by atoms with Crippen molar-refractivity contribution >= 4 is 26.4 Å². The zero-order valence-electron chi connectivity index (χ0n) is 7.70. The third-order valence-corrected chi connectivity index (χ3v) is 2.89. The highest BCUT2D eigenvalue weighted by Gasteiger charge is 2.21. The minimum atomic E-state index is 0.0661. The van der Waals surface area contributed by atoms with E-state index in [1.165, 1.54) is 12.8 Å². The van der Waals surface area contributed by atoms with Gasteiger partial charge in [0.25, 0.3) is 0 Å². The van der Waals surface area contributed by atoms with Gasteiger partial charge in [-0.1, -0.05) is 0 Å². The Balaban J connectivity index is 1.94. The molecule has 0 radical (unpaired) electrons. The van der Waals surface area contributed by atoms with Crippen LogP contribution in [-0.4, -0.2) is 10.4 Å². The number of carbonyl (C=O) groups excluding carboxylic acids is 1. The smallest absolute Gasteiger partial charge is 0.222 e. The first kappa shape index (κ1) is 9.96. The monoisotopic (exact) mass is 302 g/mol. The molecule has 0 N–H and O–H groups in total. The molecular weight excluding hydrogens is 291 g/mol. The summed E-state index contributed by atoms with van der Waals surface area (Å²) in [5, 5.41) is 0. The van der Waals surface area contributed by atoms with Crippen molar-refractivity contribution in [1.29, 1.82) is 0 Å². The van der Waals surface area contributed by atoms with Gasteiger partial charge in [-0.15, -0.1) is 0 Å². The summed E-state index contributed by atoms with van der Waals surface area (Å²) in [7, 11) is 0. The Labute approximate surface area is 96.8 Å². The fourth-order valence-electron chi connectivity index (χ4n) is 1.18. The molecule has 3 heteroatoms. The molecule has 1 aliphatic rings. The highest BCUT2D eigenvalue weighted by atomic mass is 127. The quantitative estimate of drug-likeness (QED) is 0.631. The summed E-state index contributed by atoms with van der Waals surface area (Å²) >= 11 is 1.78. The molecule has 0 atom stereocenters. The predicted octanol–water partition coefficient (Wildman–Crippen LogP) is 3.05. The number of hydrogen-bond acceptors (Lipinski definition) is 2. The average molecular weight is 302 g/mol. The number of halogens is 1. The largest absolute Gasteiger partial charge is 0.493 e. The van der Waals surface area contributed by atoms with Gasteiger partial charge in [0, 0.05) is 28.2 Å². The van der Waals surface area contributed by atoms with Crippen molar-refractivity contribution in [2.24, 2.45) is 5.92 Å². The Morgan fingerprint density at radius 3 is 2.50 bits per heavy atom. The van der Waals surface area contributed by atoms with Crippen LogP contribution in [0.1, 0.15) is 23.2 Å². The van der Waals surface area contributed by atoms with E-state index < -0.39 is 0 Å². The molecule has 0 saturated heterocycles. The number of carbonyl (C=O) groups is 1. The second-order valence-electron chi connectivity index (χ2n) is 3.55. The predicted molar refractivity (Wildman–Crippen MR) is 63.0 cm³/mol. The Kier molecular flexibility index (Phi) is 3.05. The van der Waals surface area contributed by atoms with E-state index in [9.17, 15) is 4.79 Å². The van der Waals surface area contributed by atoms with E-state index in [4.69, 9.17) is 4.74 Å². The van der Waals surface area contributed by atoms with Crippen LogP contribution in [0.5, 0.6) is 5.75 Å². The van der Waals surface area contributed by atoms with Crippen molar-refractivity contribution in [2.45, 2.75) is 12.8 Å². The average Bonchev–Trinajstić information content (AvgIpc) is 2.99. The second-order valence-corrected chi connectivity index (χ2v) is 4.53. The van der Waals surface area contributed by atoms with E-state index in [0.29, 0.717) is 0 Å². The Morgan fingerprint density at radius 1 is 1.36 bits per heavy atom. The van der Waals surface area contributed by atoms with Crippen molar-refractivity contribution in [3.05, 3.63) is 29.8 Å². The summed E-state index contributed by atoms with van der Waals surface area (Å²) in [5.74, 6) is 1.62. The Hall–Kier alpha value is -0.580. The molecule has 14 heavy (non-hydrogen) atoms. The Morgan fingerprint density at radius 2 is 2.00 bits per heavy atom. The first-order chi connectivity index (χ1) is 6.75. The highest BCUT2D eigenvalue weighted by molar-refractivity contribution is 14.1. The fourth-order valence-corrected chi connectivity index (χ4v) is 1.54.